The molecule has 3 rings (SSSR count). The van der Waals surface area contributed by atoms with E-state index in [1.54, 1.807) is 14.2 Å². The third-order valence-corrected chi connectivity index (χ3v) is 3.03. The standard InChI is InChI=1S/C14H14N2O2/c1-9-4-5-13-15-11-6-10(17-2)7-12(18-3)14(11)16(13)8-9/h4-8H,1-3H3. The van der Waals surface area contributed by atoms with E-state index in [0.29, 0.717) is 0 Å². The number of nitrogens with zero attached hydrogens (tertiary/aromatic N) is 2. The van der Waals surface area contributed by atoms with Crippen molar-refractivity contribution in [2.24, 2.45) is 0 Å². The molecule has 0 saturated heterocycles. The van der Waals surface area contributed by atoms with Crippen molar-refractivity contribution in [2.75, 3.05) is 14.2 Å². The van der Waals surface area contributed by atoms with Crippen LogP contribution < -0.4 is 9.47 Å². The maximum Gasteiger partial charge on any atom is 0.148 e. The van der Waals surface area contributed by atoms with E-state index in [2.05, 4.69) is 18.1 Å². The van der Waals surface area contributed by atoms with Crippen LogP contribution in [0.15, 0.2) is 30.5 Å². The lowest BCUT2D eigenvalue weighted by Gasteiger charge is -2.06. The van der Waals surface area contributed by atoms with Crippen LogP contribution in [0.5, 0.6) is 11.5 Å². The number of ether oxygens (including phenoxy) is 2. The van der Waals surface area contributed by atoms with E-state index >= 15 is 0 Å². The molecule has 0 aliphatic heterocycles. The summed E-state index contributed by atoms with van der Waals surface area (Å²) in [5.74, 6) is 1.52. The fourth-order valence-electron chi connectivity index (χ4n) is 2.16. The minimum atomic E-state index is 0.750. The topological polar surface area (TPSA) is 35.8 Å². The molecule has 3 aromatic rings. The molecule has 0 spiro atoms. The first-order valence-electron chi connectivity index (χ1n) is 5.73. The van der Waals surface area contributed by atoms with Crippen molar-refractivity contribution < 1.29 is 9.47 Å². The molecule has 0 saturated carbocycles. The molecular weight excluding hydrogens is 228 g/mol. The fourth-order valence-corrected chi connectivity index (χ4v) is 2.16. The van der Waals surface area contributed by atoms with E-state index in [4.69, 9.17) is 9.47 Å². The van der Waals surface area contributed by atoms with Crippen LogP contribution in [0.1, 0.15) is 5.56 Å². The lowest BCUT2D eigenvalue weighted by Crippen LogP contribution is -1.91. The maximum atomic E-state index is 5.44. The number of imidazole rings is 1. The molecule has 0 aliphatic rings. The van der Waals surface area contributed by atoms with Crippen LogP contribution >= 0.6 is 0 Å². The van der Waals surface area contributed by atoms with Crippen molar-refractivity contribution in [1.29, 1.82) is 0 Å². The Morgan fingerprint density at radius 2 is 1.94 bits per heavy atom. The molecule has 0 atom stereocenters. The first kappa shape index (κ1) is 10.9. The molecule has 0 amide bonds. The van der Waals surface area contributed by atoms with Gasteiger partial charge in [0.15, 0.2) is 0 Å². The number of rotatable bonds is 2. The van der Waals surface area contributed by atoms with Crippen molar-refractivity contribution in [3.8, 4) is 11.5 Å². The quantitative estimate of drug-likeness (QED) is 0.693. The zero-order valence-corrected chi connectivity index (χ0v) is 10.6. The van der Waals surface area contributed by atoms with E-state index in [9.17, 15) is 0 Å². The Labute approximate surface area is 105 Å². The van der Waals surface area contributed by atoms with Gasteiger partial charge in [-0.05, 0) is 18.6 Å². The molecule has 0 fully saturated rings. The molecule has 4 nitrogen and oxygen atoms in total. The van der Waals surface area contributed by atoms with Crippen LogP contribution in [-0.4, -0.2) is 23.6 Å². The third kappa shape index (κ3) is 1.49. The minimum absolute atomic E-state index is 0.750. The summed E-state index contributed by atoms with van der Waals surface area (Å²) in [7, 11) is 3.30. The van der Waals surface area contributed by atoms with Crippen molar-refractivity contribution >= 4 is 16.7 Å². The van der Waals surface area contributed by atoms with Crippen molar-refractivity contribution in [3.63, 3.8) is 0 Å². The third-order valence-electron chi connectivity index (χ3n) is 3.03. The van der Waals surface area contributed by atoms with Crippen molar-refractivity contribution in [2.45, 2.75) is 6.92 Å². The van der Waals surface area contributed by atoms with E-state index in [1.165, 1.54) is 5.56 Å². The van der Waals surface area contributed by atoms with Gasteiger partial charge in [0, 0.05) is 18.3 Å². The molecule has 0 aliphatic carbocycles. The van der Waals surface area contributed by atoms with E-state index in [0.717, 1.165) is 28.2 Å². The molecule has 1 aromatic carbocycles. The smallest absolute Gasteiger partial charge is 0.148 e. The zero-order valence-electron chi connectivity index (χ0n) is 10.6. The molecule has 0 radical (unpaired) electrons. The number of benzene rings is 1. The maximum absolute atomic E-state index is 5.44. The van der Waals surface area contributed by atoms with Crippen LogP contribution in [-0.2, 0) is 0 Å². The summed E-state index contributed by atoms with van der Waals surface area (Å²) >= 11 is 0. The zero-order chi connectivity index (χ0) is 12.7. The number of aromatic nitrogens is 2. The van der Waals surface area contributed by atoms with Crippen LogP contribution in [0.4, 0.5) is 0 Å². The fraction of sp³-hybridized carbons (Fsp3) is 0.214. The Kier molecular flexibility index (Phi) is 2.37. The molecule has 0 bridgehead atoms. The van der Waals surface area contributed by atoms with E-state index < -0.39 is 0 Å². The predicted octanol–water partition coefficient (Wildman–Crippen LogP) is 2.81. The van der Waals surface area contributed by atoms with Crippen molar-refractivity contribution in [1.82, 2.24) is 9.38 Å². The number of fused-ring (bicyclic) bond motifs is 3. The second-order valence-corrected chi connectivity index (χ2v) is 4.24. The summed E-state index contributed by atoms with van der Waals surface area (Å²) in [4.78, 5) is 4.58. The molecule has 2 aromatic heterocycles. The molecule has 92 valence electrons. The second-order valence-electron chi connectivity index (χ2n) is 4.24. The highest BCUT2D eigenvalue weighted by Gasteiger charge is 2.12. The SMILES string of the molecule is COc1cc(OC)c2c(c1)nc1ccc(C)cn12. The summed E-state index contributed by atoms with van der Waals surface area (Å²) < 4.78 is 12.7. The highest BCUT2D eigenvalue weighted by atomic mass is 16.5. The molecule has 18 heavy (non-hydrogen) atoms. The highest BCUT2D eigenvalue weighted by molar-refractivity contribution is 5.87. The number of hydrogen-bond acceptors (Lipinski definition) is 3. The number of pyridine rings is 1. The van der Waals surface area contributed by atoms with Gasteiger partial charge < -0.3 is 9.47 Å². The Bertz CT molecular complexity index is 731. The second kappa shape index (κ2) is 3.91. The number of hydrogen-bond donors (Lipinski definition) is 0. The van der Waals surface area contributed by atoms with Gasteiger partial charge in [0.1, 0.15) is 22.7 Å². The Morgan fingerprint density at radius 3 is 2.67 bits per heavy atom. The van der Waals surface area contributed by atoms with Crippen LogP contribution in [0.3, 0.4) is 0 Å². The predicted molar refractivity (Wildman–Crippen MR) is 70.5 cm³/mol. The van der Waals surface area contributed by atoms with Crippen LogP contribution in [0.2, 0.25) is 0 Å². The lowest BCUT2D eigenvalue weighted by atomic mass is 10.2. The summed E-state index contributed by atoms with van der Waals surface area (Å²) in [5.41, 5.74) is 3.93. The van der Waals surface area contributed by atoms with Crippen molar-refractivity contribution in [3.05, 3.63) is 36.0 Å². The van der Waals surface area contributed by atoms with Gasteiger partial charge in [0.05, 0.1) is 19.7 Å². The summed E-state index contributed by atoms with van der Waals surface area (Å²) in [6.07, 6.45) is 2.06. The van der Waals surface area contributed by atoms with Gasteiger partial charge in [0.25, 0.3) is 0 Å². The van der Waals surface area contributed by atoms with E-state index in [1.807, 2.05) is 28.7 Å². The Hall–Kier alpha value is -2.23. The number of aryl methyl sites for hydroxylation is 1. The normalized spacial score (nSPS) is 11.1. The average molecular weight is 242 g/mol. The van der Waals surface area contributed by atoms with Gasteiger partial charge in [-0.2, -0.15) is 0 Å². The Balaban J connectivity index is 2.47. The minimum Gasteiger partial charge on any atom is -0.497 e. The van der Waals surface area contributed by atoms with Gasteiger partial charge in [-0.15, -0.1) is 0 Å². The van der Waals surface area contributed by atoms with E-state index in [-0.39, 0.29) is 0 Å². The molecule has 0 N–H and O–H groups in total. The van der Waals surface area contributed by atoms with Gasteiger partial charge in [-0.25, -0.2) is 4.98 Å². The highest BCUT2D eigenvalue weighted by Crippen LogP contribution is 2.31. The summed E-state index contributed by atoms with van der Waals surface area (Å²) in [5, 5.41) is 0. The van der Waals surface area contributed by atoms with Gasteiger partial charge >= 0.3 is 0 Å². The largest absolute Gasteiger partial charge is 0.497 e. The van der Waals surface area contributed by atoms with Crippen LogP contribution in [0, 0.1) is 6.92 Å². The molecule has 2 heterocycles. The van der Waals surface area contributed by atoms with Gasteiger partial charge in [0.2, 0.25) is 0 Å². The number of methoxy groups -OCH3 is 2. The van der Waals surface area contributed by atoms with Gasteiger partial charge in [-0.1, -0.05) is 6.07 Å². The summed E-state index contributed by atoms with van der Waals surface area (Å²) in [6, 6.07) is 7.84. The molecule has 4 heteroatoms. The van der Waals surface area contributed by atoms with Gasteiger partial charge in [-0.3, -0.25) is 4.40 Å². The first-order chi connectivity index (χ1) is 8.72. The Morgan fingerprint density at radius 1 is 1.11 bits per heavy atom. The summed E-state index contributed by atoms with van der Waals surface area (Å²) in [6.45, 7) is 2.06. The lowest BCUT2D eigenvalue weighted by molar-refractivity contribution is 0.397. The molecule has 0 unspecified atom stereocenters. The van der Waals surface area contributed by atoms with Crippen LogP contribution in [0.25, 0.3) is 16.7 Å². The average Bonchev–Trinajstić information content (AvgIpc) is 2.75. The first-order valence-corrected chi connectivity index (χ1v) is 5.73. The monoisotopic (exact) mass is 242 g/mol. The molecular formula is C14H14N2O2.